The summed E-state index contributed by atoms with van der Waals surface area (Å²) in [7, 11) is 0. The number of amides is 1. The molecule has 3 heterocycles. The minimum Gasteiger partial charge on any atom is -0.299 e. The Labute approximate surface area is 152 Å². The van der Waals surface area contributed by atoms with Gasteiger partial charge in [0.2, 0.25) is 11.0 Å². The van der Waals surface area contributed by atoms with Crippen LogP contribution in [0.5, 0.6) is 0 Å². The second kappa shape index (κ2) is 7.40. The lowest BCUT2D eigenvalue weighted by Crippen LogP contribution is -2.33. The predicted molar refractivity (Wildman–Crippen MR) is 101 cm³/mol. The maximum atomic E-state index is 12.8. The lowest BCUT2D eigenvalue weighted by Gasteiger charge is -2.16. The van der Waals surface area contributed by atoms with Gasteiger partial charge in [-0.1, -0.05) is 32.1 Å². The van der Waals surface area contributed by atoms with Crippen LogP contribution in [0.4, 0.5) is 5.13 Å². The van der Waals surface area contributed by atoms with Crippen molar-refractivity contribution in [2.24, 2.45) is 0 Å². The topological polar surface area (TPSA) is 89.8 Å². The number of carbonyl (C=O) groups is 1. The van der Waals surface area contributed by atoms with Crippen molar-refractivity contribution >= 4 is 43.9 Å². The number of thiophene rings is 1. The van der Waals surface area contributed by atoms with Gasteiger partial charge in [0.15, 0.2) is 0 Å². The summed E-state index contributed by atoms with van der Waals surface area (Å²) in [5.74, 6) is -0.282. The summed E-state index contributed by atoms with van der Waals surface area (Å²) < 4.78 is 1.41. The highest BCUT2D eigenvalue weighted by atomic mass is 32.1. The van der Waals surface area contributed by atoms with E-state index in [1.54, 1.807) is 0 Å². The van der Waals surface area contributed by atoms with Gasteiger partial charge in [0.1, 0.15) is 15.9 Å². The maximum Gasteiger partial charge on any atom is 0.262 e. The molecule has 1 atom stereocenters. The molecule has 1 N–H and O–H groups in total. The van der Waals surface area contributed by atoms with Gasteiger partial charge in [-0.15, -0.1) is 21.5 Å². The highest BCUT2D eigenvalue weighted by Crippen LogP contribution is 2.23. The van der Waals surface area contributed by atoms with Crippen LogP contribution in [-0.4, -0.2) is 25.7 Å². The summed E-state index contributed by atoms with van der Waals surface area (Å²) in [6, 6.07) is 1.23. The van der Waals surface area contributed by atoms with Crippen molar-refractivity contribution in [2.75, 3.05) is 5.32 Å². The van der Waals surface area contributed by atoms with E-state index in [-0.39, 0.29) is 11.5 Å². The molecule has 0 saturated heterocycles. The Morgan fingerprint density at radius 1 is 1.24 bits per heavy atom. The van der Waals surface area contributed by atoms with Crippen LogP contribution >= 0.6 is 22.7 Å². The molecule has 0 aliphatic heterocycles. The summed E-state index contributed by atoms with van der Waals surface area (Å²) in [5.41, 5.74) is -0.186. The molecule has 3 aromatic heterocycles. The van der Waals surface area contributed by atoms with Crippen LogP contribution in [0.15, 0.2) is 17.2 Å². The SMILES string of the molecule is CCc1cc2c(=O)n(C(CC)C(=O)Nc3nnc(CC)s3)cnc2s1. The molecule has 3 aromatic rings. The van der Waals surface area contributed by atoms with E-state index in [1.165, 1.54) is 33.6 Å². The van der Waals surface area contributed by atoms with Gasteiger partial charge >= 0.3 is 0 Å². The molecule has 0 bridgehead atoms. The third-order valence-corrected chi connectivity index (χ3v) is 6.07. The third-order valence-electron chi connectivity index (χ3n) is 3.90. The molecule has 0 aliphatic rings. The smallest absolute Gasteiger partial charge is 0.262 e. The Kier molecular flexibility index (Phi) is 5.24. The quantitative estimate of drug-likeness (QED) is 0.713. The van der Waals surface area contributed by atoms with Crippen molar-refractivity contribution in [2.45, 2.75) is 46.1 Å². The van der Waals surface area contributed by atoms with Gasteiger partial charge in [-0.05, 0) is 25.3 Å². The van der Waals surface area contributed by atoms with Crippen LogP contribution in [0.1, 0.15) is 43.1 Å². The Balaban J connectivity index is 1.91. The summed E-state index contributed by atoms with van der Waals surface area (Å²) in [6.45, 7) is 5.88. The van der Waals surface area contributed by atoms with Crippen LogP contribution in [0, 0.1) is 0 Å². The Bertz CT molecular complexity index is 959. The minimum absolute atomic E-state index is 0.186. The highest BCUT2D eigenvalue weighted by Gasteiger charge is 2.22. The van der Waals surface area contributed by atoms with E-state index in [0.717, 1.165) is 22.7 Å². The minimum atomic E-state index is -0.636. The first-order chi connectivity index (χ1) is 12.1. The van der Waals surface area contributed by atoms with Gasteiger partial charge in [-0.25, -0.2) is 4.98 Å². The fourth-order valence-corrected chi connectivity index (χ4v) is 4.13. The van der Waals surface area contributed by atoms with Crippen molar-refractivity contribution in [3.63, 3.8) is 0 Å². The number of nitrogens with one attached hydrogen (secondary N) is 1. The molecular weight excluding hydrogens is 358 g/mol. The Hall–Kier alpha value is -2.13. The first kappa shape index (κ1) is 17.7. The normalized spacial score (nSPS) is 12.4. The molecule has 0 aromatic carbocycles. The zero-order chi connectivity index (χ0) is 18.0. The number of carbonyl (C=O) groups excluding carboxylic acids is 1. The monoisotopic (exact) mass is 377 g/mol. The van der Waals surface area contributed by atoms with Crippen molar-refractivity contribution in [3.05, 3.63) is 32.6 Å². The van der Waals surface area contributed by atoms with Crippen LogP contribution in [0.25, 0.3) is 10.2 Å². The van der Waals surface area contributed by atoms with E-state index < -0.39 is 6.04 Å². The fourth-order valence-electron chi connectivity index (χ4n) is 2.53. The van der Waals surface area contributed by atoms with Crippen molar-refractivity contribution in [1.82, 2.24) is 19.7 Å². The fraction of sp³-hybridized carbons (Fsp3) is 0.438. The van der Waals surface area contributed by atoms with Crippen LogP contribution < -0.4 is 10.9 Å². The van der Waals surface area contributed by atoms with Gasteiger partial charge in [0.25, 0.3) is 5.56 Å². The van der Waals surface area contributed by atoms with E-state index in [1.807, 2.05) is 26.8 Å². The highest BCUT2D eigenvalue weighted by molar-refractivity contribution is 7.18. The van der Waals surface area contributed by atoms with E-state index in [4.69, 9.17) is 0 Å². The van der Waals surface area contributed by atoms with Gasteiger partial charge < -0.3 is 0 Å². The Morgan fingerprint density at radius 3 is 2.68 bits per heavy atom. The van der Waals surface area contributed by atoms with Crippen molar-refractivity contribution < 1.29 is 4.79 Å². The zero-order valence-corrected chi connectivity index (χ0v) is 15.9. The lowest BCUT2D eigenvalue weighted by atomic mass is 10.2. The predicted octanol–water partition coefficient (Wildman–Crippen LogP) is 3.02. The molecular formula is C16H19N5O2S2. The molecule has 1 amide bonds. The molecule has 1 unspecified atom stereocenters. The molecule has 25 heavy (non-hydrogen) atoms. The average Bonchev–Trinajstić information content (AvgIpc) is 3.24. The number of hydrogen-bond acceptors (Lipinski definition) is 7. The van der Waals surface area contributed by atoms with Gasteiger partial charge in [-0.3, -0.25) is 19.5 Å². The first-order valence-electron chi connectivity index (χ1n) is 8.20. The number of fused-ring (bicyclic) bond motifs is 1. The van der Waals surface area contributed by atoms with Crippen LogP contribution in [0.3, 0.4) is 0 Å². The summed E-state index contributed by atoms with van der Waals surface area (Å²) >= 11 is 2.86. The largest absolute Gasteiger partial charge is 0.299 e. The number of aromatic nitrogens is 4. The molecule has 0 aliphatic carbocycles. The van der Waals surface area contributed by atoms with E-state index >= 15 is 0 Å². The number of aryl methyl sites for hydroxylation is 2. The zero-order valence-electron chi connectivity index (χ0n) is 14.3. The second-order valence-corrected chi connectivity index (χ2v) is 7.69. The lowest BCUT2D eigenvalue weighted by molar-refractivity contribution is -0.119. The van der Waals surface area contributed by atoms with Crippen LogP contribution in [0.2, 0.25) is 0 Å². The molecule has 0 saturated carbocycles. The van der Waals surface area contributed by atoms with E-state index in [0.29, 0.717) is 21.8 Å². The standard InChI is InChI=1S/C16H19N5O2S2/c1-4-9-7-10-14(24-9)17-8-21(15(10)23)11(5-2)13(22)18-16-20-19-12(6-3)25-16/h7-8,11H,4-6H2,1-3H3,(H,18,20,22). The maximum absolute atomic E-state index is 12.8. The second-order valence-electron chi connectivity index (χ2n) is 5.51. The van der Waals surface area contributed by atoms with Crippen molar-refractivity contribution in [1.29, 1.82) is 0 Å². The van der Waals surface area contributed by atoms with Crippen LogP contribution in [-0.2, 0) is 17.6 Å². The van der Waals surface area contributed by atoms with E-state index in [2.05, 4.69) is 20.5 Å². The average molecular weight is 377 g/mol. The first-order valence-corrected chi connectivity index (χ1v) is 9.83. The number of anilines is 1. The number of rotatable bonds is 6. The van der Waals surface area contributed by atoms with Crippen molar-refractivity contribution in [3.8, 4) is 0 Å². The molecule has 7 nitrogen and oxygen atoms in total. The third kappa shape index (κ3) is 3.47. The van der Waals surface area contributed by atoms with Gasteiger partial charge in [0, 0.05) is 4.88 Å². The summed E-state index contributed by atoms with van der Waals surface area (Å²) in [4.78, 5) is 31.6. The van der Waals surface area contributed by atoms with Gasteiger partial charge in [-0.2, -0.15) is 0 Å². The van der Waals surface area contributed by atoms with E-state index in [9.17, 15) is 9.59 Å². The molecule has 0 spiro atoms. The summed E-state index contributed by atoms with van der Waals surface area (Å²) in [6.07, 6.45) is 3.56. The molecule has 0 radical (unpaired) electrons. The number of hydrogen-bond donors (Lipinski definition) is 1. The Morgan fingerprint density at radius 2 is 2.04 bits per heavy atom. The molecule has 132 valence electrons. The molecule has 3 rings (SSSR count). The van der Waals surface area contributed by atoms with Gasteiger partial charge in [0.05, 0.1) is 11.7 Å². The molecule has 0 fully saturated rings. The number of nitrogens with zero attached hydrogens (tertiary/aromatic N) is 4. The molecule has 9 heteroatoms. The summed E-state index contributed by atoms with van der Waals surface area (Å²) in [5, 5.41) is 12.6.